The number of aryl methyl sites for hydroxylation is 1. The zero-order valence-corrected chi connectivity index (χ0v) is 18.4. The van der Waals surface area contributed by atoms with E-state index in [4.69, 9.17) is 0 Å². The Morgan fingerprint density at radius 2 is 1.75 bits per heavy atom. The summed E-state index contributed by atoms with van der Waals surface area (Å²) in [5.41, 5.74) is 3.05. The topological polar surface area (TPSA) is 54.3 Å². The van der Waals surface area contributed by atoms with Gasteiger partial charge in [0.25, 0.3) is 5.91 Å². The molecule has 1 saturated heterocycles. The highest BCUT2D eigenvalue weighted by atomic mass is 32.1. The molecule has 6 nitrogen and oxygen atoms in total. The standard InChI is InChI=1S/C24H22FN5OS/c1-17-4-2-5-20(16-17)28-11-13-29(14-12-28)24(31)22-26-23(21-6-3-15-32-21)30(27-22)19-9-7-18(25)8-10-19/h2-10,15-16H,11-14H2,1H3. The van der Waals surface area contributed by atoms with Crippen LogP contribution in [0.25, 0.3) is 16.4 Å². The molecule has 3 heterocycles. The molecule has 0 radical (unpaired) electrons. The molecule has 0 unspecified atom stereocenters. The zero-order valence-electron chi connectivity index (χ0n) is 17.6. The molecule has 2 aromatic carbocycles. The summed E-state index contributed by atoms with van der Waals surface area (Å²) in [6, 6.07) is 18.3. The lowest BCUT2D eigenvalue weighted by Gasteiger charge is -2.35. The number of hydrogen-bond acceptors (Lipinski definition) is 5. The van der Waals surface area contributed by atoms with Gasteiger partial charge in [-0.3, -0.25) is 4.79 Å². The normalized spacial score (nSPS) is 14.1. The van der Waals surface area contributed by atoms with Crippen LogP contribution in [0.2, 0.25) is 0 Å². The largest absolute Gasteiger partial charge is 0.368 e. The highest BCUT2D eigenvalue weighted by Crippen LogP contribution is 2.26. The van der Waals surface area contributed by atoms with Crippen molar-refractivity contribution >= 4 is 22.9 Å². The van der Waals surface area contributed by atoms with Crippen LogP contribution in [0, 0.1) is 12.7 Å². The third-order valence-corrected chi connectivity index (χ3v) is 6.41. The van der Waals surface area contributed by atoms with Crippen molar-refractivity contribution in [2.45, 2.75) is 6.92 Å². The number of carbonyl (C=O) groups excluding carboxylic acids is 1. The molecule has 4 aromatic rings. The van der Waals surface area contributed by atoms with Crippen molar-refractivity contribution in [3.8, 4) is 16.4 Å². The maximum absolute atomic E-state index is 13.4. The van der Waals surface area contributed by atoms with Gasteiger partial charge in [0.05, 0.1) is 10.6 Å². The van der Waals surface area contributed by atoms with Crippen molar-refractivity contribution < 1.29 is 9.18 Å². The van der Waals surface area contributed by atoms with Crippen LogP contribution in [0.1, 0.15) is 16.2 Å². The number of benzene rings is 2. The van der Waals surface area contributed by atoms with Gasteiger partial charge in [-0.15, -0.1) is 16.4 Å². The molecule has 8 heteroatoms. The van der Waals surface area contributed by atoms with Crippen molar-refractivity contribution in [2.24, 2.45) is 0 Å². The van der Waals surface area contributed by atoms with E-state index in [0.29, 0.717) is 24.6 Å². The summed E-state index contributed by atoms with van der Waals surface area (Å²) in [5, 5.41) is 6.46. The van der Waals surface area contributed by atoms with E-state index < -0.39 is 0 Å². The van der Waals surface area contributed by atoms with Gasteiger partial charge in [-0.2, -0.15) is 0 Å². The number of piperazine rings is 1. The number of nitrogens with zero attached hydrogens (tertiary/aromatic N) is 5. The maximum atomic E-state index is 13.4. The van der Waals surface area contributed by atoms with E-state index in [2.05, 4.69) is 46.2 Å². The fraction of sp³-hybridized carbons (Fsp3) is 0.208. The third-order valence-electron chi connectivity index (χ3n) is 5.54. The minimum Gasteiger partial charge on any atom is -0.368 e. The fourth-order valence-corrected chi connectivity index (χ4v) is 4.56. The molecular weight excluding hydrogens is 425 g/mol. The van der Waals surface area contributed by atoms with Crippen LogP contribution < -0.4 is 4.90 Å². The van der Waals surface area contributed by atoms with Crippen molar-refractivity contribution in [3.05, 3.63) is 83.2 Å². The molecule has 5 rings (SSSR count). The number of anilines is 1. The smallest absolute Gasteiger partial charge is 0.293 e. The average Bonchev–Trinajstić information content (AvgIpc) is 3.49. The second kappa shape index (κ2) is 8.55. The second-order valence-corrected chi connectivity index (χ2v) is 8.69. The number of carbonyl (C=O) groups is 1. The van der Waals surface area contributed by atoms with E-state index in [1.54, 1.807) is 21.7 Å². The molecule has 1 fully saturated rings. The van der Waals surface area contributed by atoms with E-state index in [9.17, 15) is 9.18 Å². The van der Waals surface area contributed by atoms with Gasteiger partial charge >= 0.3 is 0 Å². The van der Waals surface area contributed by atoms with Crippen molar-refractivity contribution in [1.29, 1.82) is 0 Å². The Morgan fingerprint density at radius 1 is 0.969 bits per heavy atom. The molecule has 0 N–H and O–H groups in total. The van der Waals surface area contributed by atoms with E-state index in [1.807, 2.05) is 17.5 Å². The van der Waals surface area contributed by atoms with Gasteiger partial charge in [0.15, 0.2) is 5.82 Å². The zero-order chi connectivity index (χ0) is 22.1. The molecule has 1 amide bonds. The molecule has 2 aromatic heterocycles. The Kier molecular flexibility index (Phi) is 5.45. The Hall–Kier alpha value is -3.52. The molecule has 0 saturated carbocycles. The summed E-state index contributed by atoms with van der Waals surface area (Å²) in [6.07, 6.45) is 0. The van der Waals surface area contributed by atoms with Crippen LogP contribution in [-0.2, 0) is 0 Å². The lowest BCUT2D eigenvalue weighted by molar-refractivity contribution is 0.0734. The molecule has 0 aliphatic carbocycles. The first-order valence-corrected chi connectivity index (χ1v) is 11.3. The van der Waals surface area contributed by atoms with Crippen LogP contribution in [0.4, 0.5) is 10.1 Å². The lowest BCUT2D eigenvalue weighted by atomic mass is 10.2. The van der Waals surface area contributed by atoms with Gasteiger partial charge in [0.1, 0.15) is 5.82 Å². The van der Waals surface area contributed by atoms with Crippen molar-refractivity contribution in [1.82, 2.24) is 19.7 Å². The average molecular weight is 448 g/mol. The first-order valence-electron chi connectivity index (χ1n) is 10.5. The number of amides is 1. The molecule has 0 bridgehead atoms. The Labute approximate surface area is 189 Å². The molecule has 0 atom stereocenters. The van der Waals surface area contributed by atoms with Gasteiger partial charge in [0, 0.05) is 31.9 Å². The Morgan fingerprint density at radius 3 is 2.44 bits per heavy atom. The number of rotatable bonds is 4. The van der Waals surface area contributed by atoms with E-state index in [1.165, 1.54) is 34.7 Å². The van der Waals surface area contributed by atoms with Gasteiger partial charge in [-0.05, 0) is 60.3 Å². The minimum absolute atomic E-state index is 0.154. The van der Waals surface area contributed by atoms with Crippen LogP contribution in [0.5, 0.6) is 0 Å². The molecular formula is C24H22FN5OS. The van der Waals surface area contributed by atoms with Crippen molar-refractivity contribution in [2.75, 3.05) is 31.1 Å². The Bertz CT molecular complexity index is 1230. The number of hydrogen-bond donors (Lipinski definition) is 0. The summed E-state index contributed by atoms with van der Waals surface area (Å²) < 4.78 is 15.0. The summed E-state index contributed by atoms with van der Waals surface area (Å²) in [7, 11) is 0. The molecule has 162 valence electrons. The number of thiophene rings is 1. The molecule has 32 heavy (non-hydrogen) atoms. The highest BCUT2D eigenvalue weighted by Gasteiger charge is 2.27. The van der Waals surface area contributed by atoms with E-state index >= 15 is 0 Å². The van der Waals surface area contributed by atoms with Crippen molar-refractivity contribution in [3.63, 3.8) is 0 Å². The predicted octanol–water partition coefficient (Wildman–Crippen LogP) is 4.41. The minimum atomic E-state index is -0.325. The molecule has 1 aliphatic rings. The predicted molar refractivity (Wildman–Crippen MR) is 124 cm³/mol. The van der Waals surface area contributed by atoms with Gasteiger partial charge in [0.2, 0.25) is 5.82 Å². The second-order valence-electron chi connectivity index (χ2n) is 7.74. The van der Waals surface area contributed by atoms with Crippen LogP contribution in [0.3, 0.4) is 0 Å². The first-order chi connectivity index (χ1) is 15.6. The van der Waals surface area contributed by atoms with Gasteiger partial charge in [-0.1, -0.05) is 18.2 Å². The first kappa shape index (κ1) is 20.4. The fourth-order valence-electron chi connectivity index (χ4n) is 3.86. The Balaban J connectivity index is 1.38. The lowest BCUT2D eigenvalue weighted by Crippen LogP contribution is -2.49. The van der Waals surface area contributed by atoms with E-state index in [-0.39, 0.29) is 17.5 Å². The van der Waals surface area contributed by atoms with Gasteiger partial charge in [-0.25, -0.2) is 14.1 Å². The summed E-state index contributed by atoms with van der Waals surface area (Å²) in [5.74, 6) is 0.219. The van der Waals surface area contributed by atoms with Crippen LogP contribution in [0.15, 0.2) is 66.0 Å². The van der Waals surface area contributed by atoms with Gasteiger partial charge < -0.3 is 9.80 Å². The van der Waals surface area contributed by atoms with Crippen LogP contribution in [-0.4, -0.2) is 51.8 Å². The SMILES string of the molecule is Cc1cccc(N2CCN(C(=O)c3nc(-c4cccs4)n(-c4ccc(F)cc4)n3)CC2)c1. The molecule has 1 aliphatic heterocycles. The third kappa shape index (κ3) is 4.01. The summed E-state index contributed by atoms with van der Waals surface area (Å²) in [4.78, 5) is 22.8. The monoisotopic (exact) mass is 447 g/mol. The van der Waals surface area contributed by atoms with E-state index in [0.717, 1.165) is 18.0 Å². The maximum Gasteiger partial charge on any atom is 0.293 e. The number of aromatic nitrogens is 3. The number of halogens is 1. The molecule has 0 spiro atoms. The quantitative estimate of drug-likeness (QED) is 0.465. The van der Waals surface area contributed by atoms with Crippen LogP contribution >= 0.6 is 11.3 Å². The summed E-state index contributed by atoms with van der Waals surface area (Å²) >= 11 is 1.52. The summed E-state index contributed by atoms with van der Waals surface area (Å²) in [6.45, 7) is 4.80. The highest BCUT2D eigenvalue weighted by molar-refractivity contribution is 7.13.